The van der Waals surface area contributed by atoms with E-state index in [0.717, 1.165) is 23.2 Å². The molecule has 0 aliphatic carbocycles. The Bertz CT molecular complexity index is 800. The minimum atomic E-state index is -0.942. The Morgan fingerprint density at radius 2 is 2.12 bits per heavy atom. The van der Waals surface area contributed by atoms with Crippen LogP contribution >= 0.6 is 0 Å². The molecule has 2 heterocycles. The Kier molecular flexibility index (Phi) is 5.22. The SMILES string of the molecule is CCc1[nH]nc(C(=O)Nc2ccc([C@H]3CN(C(=O)O)CCO3)cc2)c1C. The molecule has 2 amide bonds. The van der Waals surface area contributed by atoms with Crippen molar-refractivity contribution in [2.45, 2.75) is 26.4 Å². The fraction of sp³-hybridized carbons (Fsp3) is 0.389. The van der Waals surface area contributed by atoms with Gasteiger partial charge in [-0.2, -0.15) is 5.10 Å². The van der Waals surface area contributed by atoms with Gasteiger partial charge in [0.05, 0.1) is 13.2 Å². The van der Waals surface area contributed by atoms with E-state index in [1.54, 1.807) is 12.1 Å². The Morgan fingerprint density at radius 1 is 1.38 bits per heavy atom. The van der Waals surface area contributed by atoms with E-state index in [4.69, 9.17) is 9.84 Å². The molecule has 1 fully saturated rings. The third-order valence-electron chi connectivity index (χ3n) is 4.56. The molecule has 1 aliphatic rings. The summed E-state index contributed by atoms with van der Waals surface area (Å²) in [7, 11) is 0. The summed E-state index contributed by atoms with van der Waals surface area (Å²) in [4.78, 5) is 24.8. The van der Waals surface area contributed by atoms with Gasteiger partial charge in [-0.3, -0.25) is 9.89 Å². The first kappa shape index (κ1) is 17.9. The van der Waals surface area contributed by atoms with E-state index in [9.17, 15) is 9.59 Å². The van der Waals surface area contributed by atoms with Crippen molar-refractivity contribution in [3.63, 3.8) is 0 Å². The van der Waals surface area contributed by atoms with Crippen molar-refractivity contribution in [3.8, 4) is 0 Å². The zero-order chi connectivity index (χ0) is 18.7. The summed E-state index contributed by atoms with van der Waals surface area (Å²) in [6, 6.07) is 7.22. The number of morpholine rings is 1. The summed E-state index contributed by atoms with van der Waals surface area (Å²) >= 11 is 0. The standard InChI is InChI=1S/C18H22N4O4/c1-3-14-11(2)16(21-20-14)17(23)19-13-6-4-12(5-7-13)15-10-22(18(24)25)8-9-26-15/h4-7,15H,3,8-10H2,1-2H3,(H,19,23)(H,20,21)(H,24,25)/t15-/m1/s1. The maximum Gasteiger partial charge on any atom is 0.407 e. The zero-order valence-corrected chi connectivity index (χ0v) is 14.8. The van der Waals surface area contributed by atoms with Crippen molar-refractivity contribution < 1.29 is 19.4 Å². The van der Waals surface area contributed by atoms with Gasteiger partial charge in [-0.25, -0.2) is 4.79 Å². The van der Waals surface area contributed by atoms with Crippen LogP contribution in [0.15, 0.2) is 24.3 Å². The second-order valence-electron chi connectivity index (χ2n) is 6.19. The van der Waals surface area contributed by atoms with Crippen LogP contribution in [0.4, 0.5) is 10.5 Å². The average Bonchev–Trinajstić information content (AvgIpc) is 3.03. The Hall–Kier alpha value is -2.87. The molecule has 3 N–H and O–H groups in total. The van der Waals surface area contributed by atoms with Gasteiger partial charge in [-0.05, 0) is 31.0 Å². The molecule has 0 radical (unpaired) electrons. The molecule has 1 aromatic heterocycles. The highest BCUT2D eigenvalue weighted by atomic mass is 16.5. The summed E-state index contributed by atoms with van der Waals surface area (Å²) in [5.41, 5.74) is 3.70. The summed E-state index contributed by atoms with van der Waals surface area (Å²) in [6.07, 6.45) is -0.455. The molecular weight excluding hydrogens is 336 g/mol. The molecule has 26 heavy (non-hydrogen) atoms. The number of ether oxygens (including phenoxy) is 1. The van der Waals surface area contributed by atoms with Crippen LogP contribution in [0.1, 0.15) is 40.3 Å². The number of aromatic nitrogens is 2. The van der Waals surface area contributed by atoms with Gasteiger partial charge in [0, 0.05) is 23.5 Å². The highest BCUT2D eigenvalue weighted by molar-refractivity contribution is 6.03. The minimum Gasteiger partial charge on any atom is -0.465 e. The topological polar surface area (TPSA) is 108 Å². The lowest BCUT2D eigenvalue weighted by Crippen LogP contribution is -2.41. The number of carbonyl (C=O) groups excluding carboxylic acids is 1. The predicted octanol–water partition coefficient (Wildman–Crippen LogP) is 2.58. The summed E-state index contributed by atoms with van der Waals surface area (Å²) < 4.78 is 5.66. The smallest absolute Gasteiger partial charge is 0.407 e. The van der Waals surface area contributed by atoms with Crippen LogP contribution in [0.3, 0.4) is 0 Å². The van der Waals surface area contributed by atoms with Crippen LogP contribution in [-0.2, 0) is 11.2 Å². The third-order valence-corrected chi connectivity index (χ3v) is 4.56. The van der Waals surface area contributed by atoms with Crippen LogP contribution in [0.25, 0.3) is 0 Å². The third kappa shape index (κ3) is 3.70. The monoisotopic (exact) mass is 358 g/mol. The number of aromatic amines is 1. The van der Waals surface area contributed by atoms with Crippen LogP contribution in [0, 0.1) is 6.92 Å². The maximum atomic E-state index is 12.4. The predicted molar refractivity (Wildman–Crippen MR) is 95.4 cm³/mol. The number of nitrogens with one attached hydrogen (secondary N) is 2. The largest absolute Gasteiger partial charge is 0.465 e. The van der Waals surface area contributed by atoms with Crippen LogP contribution < -0.4 is 5.32 Å². The number of amides is 2. The fourth-order valence-corrected chi connectivity index (χ4v) is 3.00. The number of aryl methyl sites for hydroxylation is 1. The lowest BCUT2D eigenvalue weighted by Gasteiger charge is -2.31. The number of benzene rings is 1. The van der Waals surface area contributed by atoms with Gasteiger partial charge in [0.1, 0.15) is 6.10 Å². The molecule has 1 saturated heterocycles. The molecule has 2 aromatic rings. The van der Waals surface area contributed by atoms with Crippen molar-refractivity contribution in [3.05, 3.63) is 46.8 Å². The minimum absolute atomic E-state index is 0.267. The highest BCUT2D eigenvalue weighted by Gasteiger charge is 2.25. The van der Waals surface area contributed by atoms with E-state index >= 15 is 0 Å². The number of anilines is 1. The number of H-pyrrole nitrogens is 1. The quantitative estimate of drug-likeness (QED) is 0.779. The lowest BCUT2D eigenvalue weighted by molar-refractivity contribution is -0.0231. The number of carboxylic acid groups (broad SMARTS) is 1. The van der Waals surface area contributed by atoms with Crippen molar-refractivity contribution in [1.82, 2.24) is 15.1 Å². The van der Waals surface area contributed by atoms with E-state index in [-0.39, 0.29) is 12.0 Å². The van der Waals surface area contributed by atoms with Crippen LogP contribution in [0.2, 0.25) is 0 Å². The van der Waals surface area contributed by atoms with Crippen molar-refractivity contribution in [2.75, 3.05) is 25.0 Å². The number of hydrogen-bond donors (Lipinski definition) is 3. The average molecular weight is 358 g/mol. The van der Waals surface area contributed by atoms with Crippen molar-refractivity contribution in [2.24, 2.45) is 0 Å². The molecule has 0 bridgehead atoms. The van der Waals surface area contributed by atoms with Gasteiger partial charge in [0.2, 0.25) is 0 Å². The molecule has 1 aliphatic heterocycles. The van der Waals surface area contributed by atoms with Crippen molar-refractivity contribution >= 4 is 17.7 Å². The number of hydrogen-bond acceptors (Lipinski definition) is 4. The summed E-state index contributed by atoms with van der Waals surface area (Å²) in [5, 5.41) is 18.9. The number of rotatable bonds is 4. The Labute approximate surface area is 151 Å². The van der Waals surface area contributed by atoms with Gasteiger partial charge < -0.3 is 20.1 Å². The first-order chi connectivity index (χ1) is 12.5. The molecule has 138 valence electrons. The highest BCUT2D eigenvalue weighted by Crippen LogP contribution is 2.24. The van der Waals surface area contributed by atoms with Gasteiger partial charge in [-0.15, -0.1) is 0 Å². The van der Waals surface area contributed by atoms with Gasteiger partial charge >= 0.3 is 6.09 Å². The number of carbonyl (C=O) groups is 2. The molecule has 0 spiro atoms. The number of nitrogens with zero attached hydrogens (tertiary/aromatic N) is 2. The second-order valence-corrected chi connectivity index (χ2v) is 6.19. The molecule has 8 heteroatoms. The maximum absolute atomic E-state index is 12.4. The van der Waals surface area contributed by atoms with E-state index in [1.807, 2.05) is 26.0 Å². The second kappa shape index (κ2) is 7.57. The Balaban J connectivity index is 1.66. The molecule has 8 nitrogen and oxygen atoms in total. The molecule has 3 rings (SSSR count). The van der Waals surface area contributed by atoms with Crippen LogP contribution in [0.5, 0.6) is 0 Å². The van der Waals surface area contributed by atoms with Crippen molar-refractivity contribution in [1.29, 1.82) is 0 Å². The van der Waals surface area contributed by atoms with E-state index in [1.165, 1.54) is 4.90 Å². The molecular formula is C18H22N4O4. The molecule has 1 atom stereocenters. The normalized spacial score (nSPS) is 17.2. The van der Waals surface area contributed by atoms with E-state index < -0.39 is 6.09 Å². The lowest BCUT2D eigenvalue weighted by atomic mass is 10.1. The molecule has 1 aromatic carbocycles. The fourth-order valence-electron chi connectivity index (χ4n) is 3.00. The summed E-state index contributed by atoms with van der Waals surface area (Å²) in [5.74, 6) is -0.267. The summed E-state index contributed by atoms with van der Waals surface area (Å²) in [6.45, 7) is 4.92. The first-order valence-corrected chi connectivity index (χ1v) is 8.54. The van der Waals surface area contributed by atoms with E-state index in [0.29, 0.717) is 31.1 Å². The molecule has 0 saturated carbocycles. The van der Waals surface area contributed by atoms with Gasteiger partial charge in [0.15, 0.2) is 5.69 Å². The molecule has 0 unspecified atom stereocenters. The van der Waals surface area contributed by atoms with Crippen LogP contribution in [-0.4, -0.2) is 51.9 Å². The zero-order valence-electron chi connectivity index (χ0n) is 14.8. The van der Waals surface area contributed by atoms with Gasteiger partial charge in [0.25, 0.3) is 5.91 Å². The van der Waals surface area contributed by atoms with E-state index in [2.05, 4.69) is 15.5 Å². The Morgan fingerprint density at radius 3 is 2.73 bits per heavy atom. The first-order valence-electron chi connectivity index (χ1n) is 8.54. The van der Waals surface area contributed by atoms with Gasteiger partial charge in [-0.1, -0.05) is 19.1 Å².